The number of piperidine rings is 1. The van der Waals surface area contributed by atoms with E-state index in [0.717, 1.165) is 6.42 Å². The van der Waals surface area contributed by atoms with E-state index in [9.17, 15) is 19.2 Å². The van der Waals surface area contributed by atoms with Crippen molar-refractivity contribution in [2.24, 2.45) is 40.6 Å². The first-order valence-electron chi connectivity index (χ1n) is 7.34. The third-order valence-electron chi connectivity index (χ3n) is 5.71. The van der Waals surface area contributed by atoms with Crippen LogP contribution < -0.4 is 16.8 Å². The molecule has 1 aliphatic heterocycles. The standard InChI is InChI=1S/C14H19N3O4/c15-12(20)14(13(16)21)5-4-7-9-6(2-1-3-8(9)14)10(18)17-11(7)19/h6-9H,1-5H2,(H2,15,20)(H2,16,21)(H,17,18,19). The fourth-order valence-corrected chi connectivity index (χ4v) is 4.77. The van der Waals surface area contributed by atoms with Gasteiger partial charge in [0, 0.05) is 11.8 Å². The zero-order chi connectivity index (χ0) is 15.4. The van der Waals surface area contributed by atoms with Gasteiger partial charge in [0.15, 0.2) is 0 Å². The molecule has 0 bridgehead atoms. The van der Waals surface area contributed by atoms with E-state index >= 15 is 0 Å². The molecule has 21 heavy (non-hydrogen) atoms. The lowest BCUT2D eigenvalue weighted by molar-refractivity contribution is -0.167. The van der Waals surface area contributed by atoms with Gasteiger partial charge in [-0.3, -0.25) is 24.5 Å². The van der Waals surface area contributed by atoms with Gasteiger partial charge < -0.3 is 11.5 Å². The highest BCUT2D eigenvalue weighted by atomic mass is 16.2. The van der Waals surface area contributed by atoms with Crippen LogP contribution >= 0.6 is 0 Å². The molecule has 0 radical (unpaired) electrons. The first-order valence-corrected chi connectivity index (χ1v) is 7.34. The lowest BCUT2D eigenvalue weighted by Gasteiger charge is -2.53. The summed E-state index contributed by atoms with van der Waals surface area (Å²) in [5.41, 5.74) is 9.59. The first kappa shape index (κ1) is 14.0. The number of nitrogens with one attached hydrogen (secondary N) is 1. The van der Waals surface area contributed by atoms with Crippen LogP contribution in [0.25, 0.3) is 0 Å². The second-order valence-electron chi connectivity index (χ2n) is 6.42. The van der Waals surface area contributed by atoms with Gasteiger partial charge in [-0.2, -0.15) is 0 Å². The number of amides is 4. The highest BCUT2D eigenvalue weighted by molar-refractivity contribution is 6.06. The third-order valence-corrected chi connectivity index (χ3v) is 5.71. The SMILES string of the molecule is NC(=O)C1(C(N)=O)CCC2C(=O)NC(=O)C3CCCC1C32. The van der Waals surface area contributed by atoms with Crippen LogP contribution in [0.5, 0.6) is 0 Å². The van der Waals surface area contributed by atoms with Crippen molar-refractivity contribution in [2.45, 2.75) is 32.1 Å². The van der Waals surface area contributed by atoms with E-state index in [2.05, 4.69) is 5.32 Å². The Morgan fingerprint density at radius 3 is 2.14 bits per heavy atom. The Balaban J connectivity index is 2.08. The van der Waals surface area contributed by atoms with Crippen molar-refractivity contribution < 1.29 is 19.2 Å². The number of rotatable bonds is 2. The molecule has 4 unspecified atom stereocenters. The molecule has 0 spiro atoms. The van der Waals surface area contributed by atoms with Crippen LogP contribution in [0.1, 0.15) is 32.1 Å². The molecular formula is C14H19N3O4. The molecule has 1 heterocycles. The van der Waals surface area contributed by atoms with Gasteiger partial charge in [0.05, 0.1) is 0 Å². The number of carbonyl (C=O) groups excluding carboxylic acids is 4. The summed E-state index contributed by atoms with van der Waals surface area (Å²) in [4.78, 5) is 48.1. The maximum atomic E-state index is 12.1. The van der Waals surface area contributed by atoms with E-state index in [1.54, 1.807) is 0 Å². The van der Waals surface area contributed by atoms with Crippen LogP contribution in [0.4, 0.5) is 0 Å². The molecule has 2 aliphatic carbocycles. The number of hydrogen-bond donors (Lipinski definition) is 3. The molecule has 3 rings (SSSR count). The minimum atomic E-state index is -1.42. The molecule has 0 aromatic heterocycles. The number of carbonyl (C=O) groups is 4. The molecule has 7 heteroatoms. The van der Waals surface area contributed by atoms with Gasteiger partial charge in [0.25, 0.3) is 0 Å². The largest absolute Gasteiger partial charge is 0.369 e. The average Bonchev–Trinajstić information content (AvgIpc) is 2.43. The summed E-state index contributed by atoms with van der Waals surface area (Å²) in [5, 5.41) is 2.41. The summed E-state index contributed by atoms with van der Waals surface area (Å²) < 4.78 is 0. The Labute approximate surface area is 121 Å². The van der Waals surface area contributed by atoms with Gasteiger partial charge in [-0.15, -0.1) is 0 Å². The fourth-order valence-electron chi connectivity index (χ4n) is 4.77. The van der Waals surface area contributed by atoms with E-state index in [1.165, 1.54) is 0 Å². The Bertz CT molecular complexity index is 514. The Hall–Kier alpha value is -1.92. The molecule has 0 aromatic carbocycles. The number of primary amides is 2. The highest BCUT2D eigenvalue weighted by Crippen LogP contribution is 2.56. The Kier molecular flexibility index (Phi) is 3.04. The first-order chi connectivity index (χ1) is 9.89. The zero-order valence-electron chi connectivity index (χ0n) is 11.6. The van der Waals surface area contributed by atoms with Crippen LogP contribution in [-0.2, 0) is 19.2 Å². The van der Waals surface area contributed by atoms with Crippen LogP contribution in [0.2, 0.25) is 0 Å². The topological polar surface area (TPSA) is 132 Å². The summed E-state index contributed by atoms with van der Waals surface area (Å²) in [6.45, 7) is 0. The summed E-state index contributed by atoms with van der Waals surface area (Å²) in [6.07, 6.45) is 2.55. The Morgan fingerprint density at radius 1 is 1.00 bits per heavy atom. The summed E-state index contributed by atoms with van der Waals surface area (Å²) in [7, 11) is 0. The van der Waals surface area contributed by atoms with Crippen molar-refractivity contribution in [3.8, 4) is 0 Å². The lowest BCUT2D eigenvalue weighted by atomic mass is 9.49. The van der Waals surface area contributed by atoms with Crippen LogP contribution in [0.3, 0.4) is 0 Å². The molecule has 3 aliphatic rings. The van der Waals surface area contributed by atoms with E-state index in [4.69, 9.17) is 11.5 Å². The van der Waals surface area contributed by atoms with Gasteiger partial charge in [0.2, 0.25) is 23.6 Å². The van der Waals surface area contributed by atoms with Gasteiger partial charge in [-0.1, -0.05) is 6.42 Å². The molecule has 2 saturated carbocycles. The maximum Gasteiger partial charge on any atom is 0.233 e. The summed E-state index contributed by atoms with van der Waals surface area (Å²) in [6, 6.07) is 0. The van der Waals surface area contributed by atoms with Crippen LogP contribution in [0, 0.1) is 29.1 Å². The normalized spacial score (nSPS) is 37.3. The molecule has 4 atom stereocenters. The molecular weight excluding hydrogens is 274 g/mol. The number of nitrogens with two attached hydrogens (primary N) is 2. The van der Waals surface area contributed by atoms with E-state index < -0.39 is 23.1 Å². The van der Waals surface area contributed by atoms with E-state index in [0.29, 0.717) is 19.3 Å². The van der Waals surface area contributed by atoms with E-state index in [-0.39, 0.29) is 36.0 Å². The molecule has 3 fully saturated rings. The van der Waals surface area contributed by atoms with Crippen molar-refractivity contribution in [3.05, 3.63) is 0 Å². The lowest BCUT2D eigenvalue weighted by Crippen LogP contribution is -2.65. The summed E-state index contributed by atoms with van der Waals surface area (Å²) >= 11 is 0. The van der Waals surface area contributed by atoms with Crippen molar-refractivity contribution in [1.29, 1.82) is 0 Å². The third kappa shape index (κ3) is 1.72. The van der Waals surface area contributed by atoms with Crippen molar-refractivity contribution >= 4 is 23.6 Å². The van der Waals surface area contributed by atoms with Gasteiger partial charge in [-0.05, 0) is 37.5 Å². The minimum Gasteiger partial charge on any atom is -0.369 e. The number of imide groups is 1. The second-order valence-corrected chi connectivity index (χ2v) is 6.42. The van der Waals surface area contributed by atoms with Gasteiger partial charge >= 0.3 is 0 Å². The fraction of sp³-hybridized carbons (Fsp3) is 0.714. The highest BCUT2D eigenvalue weighted by Gasteiger charge is 2.62. The van der Waals surface area contributed by atoms with Crippen molar-refractivity contribution in [2.75, 3.05) is 0 Å². The monoisotopic (exact) mass is 293 g/mol. The van der Waals surface area contributed by atoms with Gasteiger partial charge in [0.1, 0.15) is 5.41 Å². The zero-order valence-corrected chi connectivity index (χ0v) is 11.6. The molecule has 5 N–H and O–H groups in total. The summed E-state index contributed by atoms with van der Waals surface area (Å²) in [5.74, 6) is -3.40. The molecule has 1 saturated heterocycles. The average molecular weight is 293 g/mol. The van der Waals surface area contributed by atoms with Crippen molar-refractivity contribution in [1.82, 2.24) is 5.32 Å². The van der Waals surface area contributed by atoms with E-state index in [1.807, 2.05) is 0 Å². The van der Waals surface area contributed by atoms with Crippen LogP contribution in [-0.4, -0.2) is 23.6 Å². The molecule has 0 aromatic rings. The predicted molar refractivity (Wildman–Crippen MR) is 71.0 cm³/mol. The Morgan fingerprint density at radius 2 is 1.57 bits per heavy atom. The smallest absolute Gasteiger partial charge is 0.233 e. The predicted octanol–water partition coefficient (Wildman–Crippen LogP) is -0.958. The second kappa shape index (κ2) is 4.54. The van der Waals surface area contributed by atoms with Gasteiger partial charge in [-0.25, -0.2) is 0 Å². The van der Waals surface area contributed by atoms with Crippen molar-refractivity contribution in [3.63, 3.8) is 0 Å². The number of hydrogen-bond acceptors (Lipinski definition) is 4. The maximum absolute atomic E-state index is 12.1. The van der Waals surface area contributed by atoms with Crippen LogP contribution in [0.15, 0.2) is 0 Å². The molecule has 4 amide bonds. The molecule has 114 valence electrons. The molecule has 7 nitrogen and oxygen atoms in total. The minimum absolute atomic E-state index is 0.192. The quantitative estimate of drug-likeness (QED) is 0.447.